The van der Waals surface area contributed by atoms with E-state index in [1.165, 1.54) is 10.4 Å². The lowest BCUT2D eigenvalue weighted by Gasteiger charge is -2.30. The summed E-state index contributed by atoms with van der Waals surface area (Å²) < 4.78 is 29.4. The smallest absolute Gasteiger partial charge is 0.243 e. The molecule has 1 heterocycles. The number of Topliss-reactive ketones (excluding diaryl/α,β-unsaturated/α-hetero) is 1. The molecule has 0 fully saturated rings. The van der Waals surface area contributed by atoms with E-state index in [1.54, 1.807) is 16.4 Å². The molecule has 6 heteroatoms. The second-order valence-corrected chi connectivity index (χ2v) is 17.0. The van der Waals surface area contributed by atoms with E-state index >= 15 is 0 Å². The summed E-state index contributed by atoms with van der Waals surface area (Å²) in [7, 11) is -5.94. The molecule has 1 atom stereocenters. The highest BCUT2D eigenvalue weighted by Gasteiger charge is 2.44. The Morgan fingerprint density at radius 3 is 2.08 bits per heavy atom. The number of carbonyl (C=O) groups is 1. The number of allylic oxidation sites excluding steroid dienone is 1. The molecule has 0 N–H and O–H groups in total. The number of fused-ring (bicyclic) bond motifs is 1. The van der Waals surface area contributed by atoms with Gasteiger partial charge in [-0.25, -0.2) is 8.42 Å². The minimum absolute atomic E-state index is 0.0844. The number of hydrogen-bond acceptors (Lipinski definition) is 3. The Morgan fingerprint density at radius 1 is 0.865 bits per heavy atom. The minimum atomic E-state index is -3.74. The first kappa shape index (κ1) is 25.6. The molecule has 0 radical (unpaired) electrons. The third-order valence-electron chi connectivity index (χ3n) is 7.94. The van der Waals surface area contributed by atoms with Gasteiger partial charge in [-0.2, -0.15) is 4.31 Å². The Morgan fingerprint density at radius 2 is 1.46 bits per heavy atom. The van der Waals surface area contributed by atoms with Gasteiger partial charge in [-0.05, 0) is 42.2 Å². The van der Waals surface area contributed by atoms with E-state index in [2.05, 4.69) is 37.4 Å². The van der Waals surface area contributed by atoms with Crippen molar-refractivity contribution >= 4 is 34.6 Å². The normalized spacial score (nSPS) is 19.2. The molecule has 0 aromatic heterocycles. The summed E-state index contributed by atoms with van der Waals surface area (Å²) in [6.07, 6.45) is 0.623. The molecule has 5 rings (SSSR count). The van der Waals surface area contributed by atoms with E-state index < -0.39 is 18.1 Å². The SMILES string of the molecule is Cc1ccc(S(=O)(=O)N2CCC([Si](C)(C)c3ccccc3)=C3C(=C(c4ccccc4)C(=O)[C@H]3C)C2)cc1. The highest BCUT2D eigenvalue weighted by Crippen LogP contribution is 2.45. The van der Waals surface area contributed by atoms with Crippen LogP contribution in [0.1, 0.15) is 24.5 Å². The van der Waals surface area contributed by atoms with Crippen molar-refractivity contribution in [2.75, 3.05) is 13.1 Å². The molecule has 0 bridgehead atoms. The van der Waals surface area contributed by atoms with Crippen molar-refractivity contribution < 1.29 is 13.2 Å². The van der Waals surface area contributed by atoms with Gasteiger partial charge in [0, 0.05) is 24.6 Å². The average molecular weight is 528 g/mol. The number of carbonyl (C=O) groups excluding carboxylic acids is 1. The Hall–Kier alpha value is -3.06. The maximum atomic E-state index is 13.9. The number of hydrogen-bond donors (Lipinski definition) is 0. The molecule has 0 saturated carbocycles. The Kier molecular flexibility index (Phi) is 6.69. The fourth-order valence-electron chi connectivity index (χ4n) is 5.79. The number of ketones is 1. The molecule has 1 aliphatic carbocycles. The average Bonchev–Trinajstić information content (AvgIpc) is 3.02. The maximum Gasteiger partial charge on any atom is 0.243 e. The zero-order chi connectivity index (χ0) is 26.4. The zero-order valence-corrected chi connectivity index (χ0v) is 23.7. The summed E-state index contributed by atoms with van der Waals surface area (Å²) in [6, 6.07) is 27.3. The van der Waals surface area contributed by atoms with Gasteiger partial charge in [-0.15, -0.1) is 0 Å². The van der Waals surface area contributed by atoms with Gasteiger partial charge in [-0.3, -0.25) is 4.79 Å². The van der Waals surface area contributed by atoms with Crippen LogP contribution in [0.4, 0.5) is 0 Å². The van der Waals surface area contributed by atoms with Crippen molar-refractivity contribution in [2.24, 2.45) is 5.92 Å². The van der Waals surface area contributed by atoms with Crippen LogP contribution in [-0.4, -0.2) is 39.7 Å². The molecule has 37 heavy (non-hydrogen) atoms. The monoisotopic (exact) mass is 527 g/mol. The maximum absolute atomic E-state index is 13.9. The molecule has 3 aromatic rings. The molecule has 190 valence electrons. The summed E-state index contributed by atoms with van der Waals surface area (Å²) in [6.45, 7) is 9.18. The number of aryl methyl sites for hydroxylation is 1. The van der Waals surface area contributed by atoms with E-state index in [9.17, 15) is 13.2 Å². The van der Waals surface area contributed by atoms with Crippen molar-refractivity contribution in [1.82, 2.24) is 4.31 Å². The van der Waals surface area contributed by atoms with Gasteiger partial charge in [0.25, 0.3) is 0 Å². The van der Waals surface area contributed by atoms with E-state index in [4.69, 9.17) is 0 Å². The predicted molar refractivity (Wildman–Crippen MR) is 153 cm³/mol. The lowest BCUT2D eigenvalue weighted by atomic mass is 9.98. The van der Waals surface area contributed by atoms with Crippen molar-refractivity contribution in [3.05, 3.63) is 112 Å². The third kappa shape index (κ3) is 4.47. The first-order valence-electron chi connectivity index (χ1n) is 12.8. The summed E-state index contributed by atoms with van der Waals surface area (Å²) in [5, 5.41) is 2.57. The van der Waals surface area contributed by atoms with Gasteiger partial charge >= 0.3 is 0 Å². The van der Waals surface area contributed by atoms with Gasteiger partial charge < -0.3 is 0 Å². The zero-order valence-electron chi connectivity index (χ0n) is 21.9. The fraction of sp³-hybridized carbons (Fsp3) is 0.258. The quantitative estimate of drug-likeness (QED) is 0.411. The fourth-order valence-corrected chi connectivity index (χ4v) is 10.4. The third-order valence-corrected chi connectivity index (χ3v) is 13.6. The highest BCUT2D eigenvalue weighted by atomic mass is 32.2. The van der Waals surface area contributed by atoms with Crippen LogP contribution in [-0.2, 0) is 14.8 Å². The lowest BCUT2D eigenvalue weighted by Crippen LogP contribution is -2.45. The molecule has 2 aliphatic rings. The molecular formula is C31H33NO3SSi. The summed E-state index contributed by atoms with van der Waals surface area (Å²) in [5.74, 6) is -0.209. The van der Waals surface area contributed by atoms with Gasteiger partial charge in [0.05, 0.1) is 4.90 Å². The number of benzene rings is 3. The van der Waals surface area contributed by atoms with Crippen LogP contribution in [0.2, 0.25) is 13.1 Å². The van der Waals surface area contributed by atoms with Gasteiger partial charge in [-0.1, -0.05) is 109 Å². The number of rotatable bonds is 5. The molecular weight excluding hydrogens is 494 g/mol. The van der Waals surface area contributed by atoms with E-state index in [0.29, 0.717) is 23.4 Å². The molecule has 0 saturated heterocycles. The Labute approximate surface area is 221 Å². The molecule has 0 amide bonds. The van der Waals surface area contributed by atoms with E-state index in [1.807, 2.05) is 62.4 Å². The summed E-state index contributed by atoms with van der Waals surface area (Å²) >= 11 is 0. The second-order valence-electron chi connectivity index (χ2n) is 10.6. The number of sulfonamides is 1. The standard InChI is InChI=1S/C31H33NO3SSi/c1-22-15-17-25(18-16-22)36(34,35)32-20-19-28(37(3,4)26-13-9-6-10-14-26)29-23(2)31(33)30(27(29)21-32)24-11-7-5-8-12-24/h5-18,23H,19-21H2,1-4H3/t23-/m0/s1. The van der Waals surface area contributed by atoms with Crippen LogP contribution in [0, 0.1) is 12.8 Å². The number of nitrogens with zero attached hydrogens (tertiary/aromatic N) is 1. The van der Waals surface area contributed by atoms with E-state index in [-0.39, 0.29) is 18.2 Å². The van der Waals surface area contributed by atoms with Gasteiger partial charge in [0.15, 0.2) is 5.78 Å². The molecule has 0 spiro atoms. The summed E-state index contributed by atoms with van der Waals surface area (Å²) in [4.78, 5) is 14.1. The topological polar surface area (TPSA) is 54.5 Å². The molecule has 1 aliphatic heterocycles. The van der Waals surface area contributed by atoms with Crippen molar-refractivity contribution in [3.8, 4) is 0 Å². The molecule has 3 aromatic carbocycles. The minimum Gasteiger partial charge on any atom is -0.293 e. The predicted octanol–water partition coefficient (Wildman–Crippen LogP) is 5.51. The van der Waals surface area contributed by atoms with Crippen molar-refractivity contribution in [3.63, 3.8) is 0 Å². The molecule has 4 nitrogen and oxygen atoms in total. The van der Waals surface area contributed by atoms with Crippen LogP contribution in [0.25, 0.3) is 5.57 Å². The van der Waals surface area contributed by atoms with Crippen molar-refractivity contribution in [1.29, 1.82) is 0 Å². The second kappa shape index (κ2) is 9.67. The Bertz CT molecular complexity index is 1510. The van der Waals surface area contributed by atoms with E-state index in [0.717, 1.165) is 22.3 Å². The first-order valence-corrected chi connectivity index (χ1v) is 17.3. The first-order chi connectivity index (χ1) is 17.6. The van der Waals surface area contributed by atoms with Crippen molar-refractivity contribution in [2.45, 2.75) is 38.3 Å². The Balaban J connectivity index is 1.72. The largest absolute Gasteiger partial charge is 0.293 e. The van der Waals surface area contributed by atoms with Crippen LogP contribution < -0.4 is 5.19 Å². The van der Waals surface area contributed by atoms with Crippen LogP contribution in [0.3, 0.4) is 0 Å². The summed E-state index contributed by atoms with van der Waals surface area (Å²) in [5.41, 5.74) is 4.50. The van der Waals surface area contributed by atoms with Gasteiger partial charge in [0.2, 0.25) is 10.0 Å². The highest BCUT2D eigenvalue weighted by molar-refractivity contribution is 7.89. The van der Waals surface area contributed by atoms with Gasteiger partial charge in [0.1, 0.15) is 8.07 Å². The van der Waals surface area contributed by atoms with Crippen LogP contribution in [0.15, 0.2) is 106 Å². The lowest BCUT2D eigenvalue weighted by molar-refractivity contribution is -0.115. The van der Waals surface area contributed by atoms with Crippen LogP contribution >= 0.6 is 0 Å². The molecule has 0 unspecified atom stereocenters. The van der Waals surface area contributed by atoms with Crippen LogP contribution in [0.5, 0.6) is 0 Å².